The summed E-state index contributed by atoms with van der Waals surface area (Å²) in [5.74, 6) is 1.59. The van der Waals surface area contributed by atoms with Crippen LogP contribution in [0.25, 0.3) is 22.5 Å². The molecule has 0 N–H and O–H groups in total. The minimum absolute atomic E-state index is 0.292. The fourth-order valence-electron chi connectivity index (χ4n) is 5.90. The summed E-state index contributed by atoms with van der Waals surface area (Å²) >= 11 is 6.81. The van der Waals surface area contributed by atoms with Gasteiger partial charge in [-0.25, -0.2) is 4.98 Å². The van der Waals surface area contributed by atoms with Crippen molar-refractivity contribution in [3.8, 4) is 22.5 Å². The fourth-order valence-corrected chi connectivity index (χ4v) is 6.17. The molecule has 0 radical (unpaired) electrons. The van der Waals surface area contributed by atoms with Crippen molar-refractivity contribution in [2.24, 2.45) is 0 Å². The maximum absolute atomic E-state index is 13.5. The molecule has 5 aromatic rings. The zero-order valence-corrected chi connectivity index (χ0v) is 28.8. The Hall–Kier alpha value is -4.12. The first-order chi connectivity index (χ1) is 22.9. The number of ether oxygens (including phenoxy) is 1. The van der Waals surface area contributed by atoms with E-state index in [1.54, 1.807) is 4.68 Å². The quantitative estimate of drug-likeness (QED) is 0.0844. The zero-order valence-electron chi connectivity index (χ0n) is 28.1. The molecular formula is C36H45ClN8O2. The van der Waals surface area contributed by atoms with Crippen LogP contribution in [-0.2, 0) is 30.7 Å². The van der Waals surface area contributed by atoms with Gasteiger partial charge in [0.05, 0.1) is 18.7 Å². The molecule has 0 bridgehead atoms. The third-order valence-electron chi connectivity index (χ3n) is 8.60. The van der Waals surface area contributed by atoms with Crippen LogP contribution in [-0.4, -0.2) is 54.4 Å². The van der Waals surface area contributed by atoms with Crippen molar-refractivity contribution in [3.63, 3.8) is 0 Å². The van der Waals surface area contributed by atoms with Gasteiger partial charge in [-0.1, -0.05) is 87.3 Å². The Morgan fingerprint density at radius 3 is 2.36 bits per heavy atom. The molecule has 1 atom stereocenters. The standard InChI is InChI=1S/C36H45ClN8O2/c1-6-10-18-34-38-35(37)33(23-29-14-13-15-30(45(29)46)25-42(7-2)8-3)43(34)24-27-19-21-28(22-20-27)31-16-11-12-17-32(31)36-39-40-41-44(36)26(5)47-9-4/h11-17,19-22,26H,6-10,18,23-25H2,1-5H3. The number of benzene rings is 2. The molecule has 0 spiro atoms. The smallest absolute Gasteiger partial charge is 0.207 e. The molecule has 0 fully saturated rings. The topological polar surface area (TPSA) is 101 Å². The number of rotatable bonds is 16. The Morgan fingerprint density at radius 1 is 0.936 bits per heavy atom. The van der Waals surface area contributed by atoms with E-state index >= 15 is 0 Å². The van der Waals surface area contributed by atoms with Gasteiger partial charge in [-0.2, -0.15) is 9.41 Å². The lowest BCUT2D eigenvalue weighted by molar-refractivity contribution is -0.623. The monoisotopic (exact) mass is 656 g/mol. The average molecular weight is 657 g/mol. The summed E-state index contributed by atoms with van der Waals surface area (Å²) in [6.45, 7) is 13.8. The molecule has 10 nitrogen and oxygen atoms in total. The van der Waals surface area contributed by atoms with E-state index in [0.29, 0.717) is 42.8 Å². The maximum atomic E-state index is 13.5. The highest BCUT2D eigenvalue weighted by atomic mass is 35.5. The molecule has 0 aliphatic rings. The predicted molar refractivity (Wildman–Crippen MR) is 185 cm³/mol. The lowest BCUT2D eigenvalue weighted by Crippen LogP contribution is -2.40. The molecule has 248 valence electrons. The largest absolute Gasteiger partial charge is 0.618 e. The van der Waals surface area contributed by atoms with E-state index in [2.05, 4.69) is 76.1 Å². The number of unbranched alkanes of at least 4 members (excludes halogenated alkanes) is 1. The molecule has 3 aromatic heterocycles. The van der Waals surface area contributed by atoms with Gasteiger partial charge in [-0.05, 0) is 66.5 Å². The number of imidazole rings is 1. The normalized spacial score (nSPS) is 12.2. The van der Waals surface area contributed by atoms with Gasteiger partial charge in [-0.15, -0.1) is 5.10 Å². The van der Waals surface area contributed by atoms with Gasteiger partial charge in [0, 0.05) is 37.3 Å². The van der Waals surface area contributed by atoms with Gasteiger partial charge in [0.25, 0.3) is 0 Å². The molecule has 1 unspecified atom stereocenters. The van der Waals surface area contributed by atoms with Crippen LogP contribution in [0.4, 0.5) is 0 Å². The van der Waals surface area contributed by atoms with Crippen molar-refractivity contribution in [1.82, 2.24) is 34.7 Å². The number of halogens is 1. The minimum atomic E-state index is -0.292. The molecule has 0 aliphatic heterocycles. The molecule has 0 saturated carbocycles. The van der Waals surface area contributed by atoms with Crippen LogP contribution in [0.15, 0.2) is 66.7 Å². The molecular weight excluding hydrogens is 612 g/mol. The minimum Gasteiger partial charge on any atom is -0.618 e. The summed E-state index contributed by atoms with van der Waals surface area (Å²) in [6, 6.07) is 22.4. The van der Waals surface area contributed by atoms with Gasteiger partial charge in [0.15, 0.2) is 22.9 Å². The van der Waals surface area contributed by atoms with Crippen molar-refractivity contribution in [2.75, 3.05) is 19.7 Å². The van der Waals surface area contributed by atoms with E-state index in [4.69, 9.17) is 21.3 Å². The van der Waals surface area contributed by atoms with Crippen LogP contribution in [0.3, 0.4) is 0 Å². The van der Waals surface area contributed by atoms with Crippen molar-refractivity contribution in [3.05, 3.63) is 106 Å². The number of pyridine rings is 1. The second-order valence-electron chi connectivity index (χ2n) is 11.6. The fraction of sp³-hybridized carbons (Fsp3) is 0.417. The van der Waals surface area contributed by atoms with E-state index in [-0.39, 0.29) is 6.23 Å². The van der Waals surface area contributed by atoms with Crippen molar-refractivity contribution >= 4 is 11.6 Å². The first-order valence-electron chi connectivity index (χ1n) is 16.6. The van der Waals surface area contributed by atoms with E-state index in [1.807, 2.05) is 50.2 Å². The van der Waals surface area contributed by atoms with Crippen LogP contribution < -0.4 is 4.73 Å². The number of aromatic nitrogens is 7. The highest BCUT2D eigenvalue weighted by Gasteiger charge is 2.22. The third kappa shape index (κ3) is 7.89. The van der Waals surface area contributed by atoms with Crippen molar-refractivity contribution in [2.45, 2.75) is 79.6 Å². The predicted octanol–water partition coefficient (Wildman–Crippen LogP) is 6.87. The Morgan fingerprint density at radius 2 is 1.66 bits per heavy atom. The van der Waals surface area contributed by atoms with Crippen LogP contribution >= 0.6 is 11.6 Å². The molecule has 11 heteroatoms. The lowest BCUT2D eigenvalue weighted by atomic mass is 9.98. The van der Waals surface area contributed by atoms with Gasteiger partial charge >= 0.3 is 0 Å². The van der Waals surface area contributed by atoms with Crippen LogP contribution in [0.5, 0.6) is 0 Å². The van der Waals surface area contributed by atoms with Crippen molar-refractivity contribution < 1.29 is 9.47 Å². The molecule has 0 amide bonds. The maximum Gasteiger partial charge on any atom is 0.207 e. The number of aryl methyl sites for hydroxylation is 1. The SMILES string of the molecule is CCCCc1nc(Cl)c(Cc2cccc(CN(CC)CC)[n+]2[O-])n1Cc1ccc(-c2ccccc2-c2nnnn2C(C)OCC)cc1. The first-order valence-corrected chi connectivity index (χ1v) is 17.0. The van der Waals surface area contributed by atoms with Crippen molar-refractivity contribution in [1.29, 1.82) is 0 Å². The van der Waals surface area contributed by atoms with Crippen LogP contribution in [0.2, 0.25) is 5.15 Å². The highest BCUT2D eigenvalue weighted by Crippen LogP contribution is 2.32. The Bertz CT molecular complexity index is 1750. The molecule has 47 heavy (non-hydrogen) atoms. The number of nitrogens with zero attached hydrogens (tertiary/aromatic N) is 8. The highest BCUT2D eigenvalue weighted by molar-refractivity contribution is 6.30. The second-order valence-corrected chi connectivity index (χ2v) is 12.0. The van der Waals surface area contributed by atoms with E-state index < -0.39 is 0 Å². The second kappa shape index (κ2) is 16.1. The van der Waals surface area contributed by atoms with Crippen LogP contribution in [0, 0.1) is 5.21 Å². The van der Waals surface area contributed by atoms with Gasteiger partial charge in [0.2, 0.25) is 5.69 Å². The zero-order chi connectivity index (χ0) is 33.3. The van der Waals surface area contributed by atoms with E-state index in [9.17, 15) is 5.21 Å². The molecule has 2 aromatic carbocycles. The van der Waals surface area contributed by atoms with E-state index in [1.165, 1.54) is 0 Å². The number of hydrogen-bond donors (Lipinski definition) is 0. The van der Waals surface area contributed by atoms with Gasteiger partial charge in [0.1, 0.15) is 5.82 Å². The summed E-state index contributed by atoms with van der Waals surface area (Å²) in [5, 5.41) is 26.4. The van der Waals surface area contributed by atoms with Gasteiger partial charge < -0.3 is 14.5 Å². The third-order valence-corrected chi connectivity index (χ3v) is 8.91. The summed E-state index contributed by atoms with van der Waals surface area (Å²) in [5.41, 5.74) is 6.36. The molecule has 0 aliphatic carbocycles. The van der Waals surface area contributed by atoms with E-state index in [0.717, 1.165) is 76.5 Å². The Kier molecular flexibility index (Phi) is 11.7. The number of hydrogen-bond acceptors (Lipinski definition) is 7. The van der Waals surface area contributed by atoms with Gasteiger partial charge in [-0.3, -0.25) is 4.90 Å². The summed E-state index contributed by atoms with van der Waals surface area (Å²) < 4.78 is 10.7. The Labute approximate surface area is 282 Å². The molecule has 3 heterocycles. The van der Waals surface area contributed by atoms with Crippen LogP contribution in [0.1, 0.15) is 82.2 Å². The summed E-state index contributed by atoms with van der Waals surface area (Å²) in [4.78, 5) is 7.02. The summed E-state index contributed by atoms with van der Waals surface area (Å²) in [7, 11) is 0. The Balaban J connectivity index is 1.44. The first kappa shape index (κ1) is 34.2. The molecule has 0 saturated heterocycles. The lowest BCUT2D eigenvalue weighted by Gasteiger charge is -2.18. The molecule has 5 rings (SSSR count). The summed E-state index contributed by atoms with van der Waals surface area (Å²) in [6.07, 6.45) is 2.97. The number of tetrazole rings is 1. The average Bonchev–Trinajstić information content (AvgIpc) is 3.69.